The highest BCUT2D eigenvalue weighted by Crippen LogP contribution is 2.23. The zero-order valence-electron chi connectivity index (χ0n) is 14.1. The van der Waals surface area contributed by atoms with Crippen LogP contribution < -0.4 is 10.6 Å². The van der Waals surface area contributed by atoms with Crippen LogP contribution in [0.1, 0.15) is 5.56 Å². The summed E-state index contributed by atoms with van der Waals surface area (Å²) in [5.41, 5.74) is 2.18. The number of rotatable bonds is 4. The number of thiocarbonyl (C=S) groups is 1. The van der Waals surface area contributed by atoms with E-state index in [1.807, 2.05) is 59.4 Å². The van der Waals surface area contributed by atoms with Crippen LogP contribution in [-0.4, -0.2) is 14.9 Å². The van der Waals surface area contributed by atoms with Crippen LogP contribution in [0.15, 0.2) is 85.1 Å². The summed E-state index contributed by atoms with van der Waals surface area (Å²) in [5, 5.41) is 13.8. The van der Waals surface area contributed by atoms with Gasteiger partial charge in [-0.2, -0.15) is 5.10 Å². The molecule has 4 aromatic rings. The molecule has 4 rings (SSSR count). The summed E-state index contributed by atoms with van der Waals surface area (Å²) < 4.78 is 1.89. The maximum atomic E-state index is 5.45. The van der Waals surface area contributed by atoms with E-state index in [-0.39, 0.29) is 0 Å². The highest BCUT2D eigenvalue weighted by molar-refractivity contribution is 7.80. The highest BCUT2D eigenvalue weighted by Gasteiger charge is 2.05. The minimum atomic E-state index is 0.520. The first-order chi connectivity index (χ1) is 12.8. The zero-order chi connectivity index (χ0) is 17.8. The number of hydrogen-bond acceptors (Lipinski definition) is 2. The van der Waals surface area contributed by atoms with Gasteiger partial charge in [-0.3, -0.25) is 4.68 Å². The maximum absolute atomic E-state index is 5.45. The van der Waals surface area contributed by atoms with Crippen LogP contribution >= 0.6 is 12.2 Å². The van der Waals surface area contributed by atoms with E-state index < -0.39 is 0 Å². The number of anilines is 2. The Labute approximate surface area is 157 Å². The lowest BCUT2D eigenvalue weighted by atomic mass is 10.1. The van der Waals surface area contributed by atoms with Gasteiger partial charge in [-0.1, -0.05) is 66.7 Å². The van der Waals surface area contributed by atoms with Crippen molar-refractivity contribution in [3.05, 3.63) is 90.6 Å². The van der Waals surface area contributed by atoms with Crippen molar-refractivity contribution in [3.63, 3.8) is 0 Å². The lowest BCUT2D eigenvalue weighted by Crippen LogP contribution is -2.19. The van der Waals surface area contributed by atoms with Crippen molar-refractivity contribution in [2.75, 3.05) is 10.6 Å². The monoisotopic (exact) mass is 358 g/mol. The van der Waals surface area contributed by atoms with Crippen LogP contribution in [0, 0.1) is 0 Å². The molecule has 0 aliphatic carbocycles. The van der Waals surface area contributed by atoms with Crippen molar-refractivity contribution in [1.82, 2.24) is 9.78 Å². The SMILES string of the molecule is S=C(Nc1ccn(Cc2ccccc2)n1)Nc1cccc2ccccc12. The van der Waals surface area contributed by atoms with E-state index >= 15 is 0 Å². The molecule has 26 heavy (non-hydrogen) atoms. The lowest BCUT2D eigenvalue weighted by Gasteiger charge is -2.11. The molecule has 0 amide bonds. The maximum Gasteiger partial charge on any atom is 0.176 e. The van der Waals surface area contributed by atoms with Crippen LogP contribution in [0.5, 0.6) is 0 Å². The van der Waals surface area contributed by atoms with Crippen molar-refractivity contribution in [2.45, 2.75) is 6.54 Å². The third-order valence-corrected chi connectivity index (χ3v) is 4.31. The van der Waals surface area contributed by atoms with E-state index in [1.165, 1.54) is 10.9 Å². The quantitative estimate of drug-likeness (QED) is 0.510. The van der Waals surface area contributed by atoms with Gasteiger partial charge in [0.25, 0.3) is 0 Å². The summed E-state index contributed by atoms with van der Waals surface area (Å²) in [7, 11) is 0. The van der Waals surface area contributed by atoms with Gasteiger partial charge in [0.15, 0.2) is 10.9 Å². The molecule has 4 nitrogen and oxygen atoms in total. The number of benzene rings is 3. The zero-order valence-corrected chi connectivity index (χ0v) is 14.9. The van der Waals surface area contributed by atoms with E-state index in [4.69, 9.17) is 12.2 Å². The normalized spacial score (nSPS) is 10.6. The minimum absolute atomic E-state index is 0.520. The van der Waals surface area contributed by atoms with Crippen LogP contribution in [0.3, 0.4) is 0 Å². The predicted molar refractivity (Wildman–Crippen MR) is 112 cm³/mol. The highest BCUT2D eigenvalue weighted by atomic mass is 32.1. The second-order valence-electron chi connectivity index (χ2n) is 5.99. The topological polar surface area (TPSA) is 41.9 Å². The van der Waals surface area contributed by atoms with Crippen molar-refractivity contribution < 1.29 is 0 Å². The number of nitrogens with one attached hydrogen (secondary N) is 2. The summed E-state index contributed by atoms with van der Waals surface area (Å²) in [6, 6.07) is 26.5. The summed E-state index contributed by atoms with van der Waals surface area (Å²) in [5.74, 6) is 0.721. The van der Waals surface area contributed by atoms with Gasteiger partial charge in [-0.15, -0.1) is 0 Å². The Morgan fingerprint density at radius 3 is 2.50 bits per heavy atom. The fourth-order valence-corrected chi connectivity index (χ4v) is 3.11. The molecule has 0 saturated heterocycles. The number of nitrogens with zero attached hydrogens (tertiary/aromatic N) is 2. The first-order valence-electron chi connectivity index (χ1n) is 8.41. The average Bonchev–Trinajstić information content (AvgIpc) is 3.09. The van der Waals surface area contributed by atoms with Gasteiger partial charge in [0, 0.05) is 23.3 Å². The first kappa shape index (κ1) is 16.3. The van der Waals surface area contributed by atoms with Crippen molar-refractivity contribution >= 4 is 39.6 Å². The molecule has 3 aromatic carbocycles. The van der Waals surface area contributed by atoms with Gasteiger partial charge < -0.3 is 10.6 Å². The van der Waals surface area contributed by atoms with Gasteiger partial charge in [0.05, 0.1) is 6.54 Å². The summed E-state index contributed by atoms with van der Waals surface area (Å²) in [4.78, 5) is 0. The van der Waals surface area contributed by atoms with Crippen LogP contribution in [0.25, 0.3) is 10.8 Å². The molecule has 0 spiro atoms. The molecule has 5 heteroatoms. The van der Waals surface area contributed by atoms with Crippen LogP contribution in [0.2, 0.25) is 0 Å². The molecule has 0 atom stereocenters. The predicted octanol–water partition coefficient (Wildman–Crippen LogP) is 4.89. The van der Waals surface area contributed by atoms with Crippen LogP contribution in [0.4, 0.5) is 11.5 Å². The van der Waals surface area contributed by atoms with E-state index in [0.29, 0.717) is 5.11 Å². The smallest absolute Gasteiger partial charge is 0.176 e. The Balaban J connectivity index is 1.44. The van der Waals surface area contributed by atoms with Crippen molar-refractivity contribution in [1.29, 1.82) is 0 Å². The molecule has 0 saturated carbocycles. The first-order valence-corrected chi connectivity index (χ1v) is 8.82. The molecule has 0 fully saturated rings. The molecule has 0 radical (unpaired) electrons. The van der Waals surface area contributed by atoms with E-state index in [0.717, 1.165) is 23.4 Å². The van der Waals surface area contributed by atoms with E-state index in [9.17, 15) is 0 Å². The van der Waals surface area contributed by atoms with Crippen molar-refractivity contribution in [3.8, 4) is 0 Å². The van der Waals surface area contributed by atoms with Gasteiger partial charge in [-0.05, 0) is 29.2 Å². The van der Waals surface area contributed by atoms with Gasteiger partial charge in [0.2, 0.25) is 0 Å². The van der Waals surface area contributed by atoms with Gasteiger partial charge in [-0.25, -0.2) is 0 Å². The minimum Gasteiger partial charge on any atom is -0.332 e. The number of hydrogen-bond donors (Lipinski definition) is 2. The second-order valence-corrected chi connectivity index (χ2v) is 6.40. The number of aromatic nitrogens is 2. The van der Waals surface area contributed by atoms with E-state index in [1.54, 1.807) is 0 Å². The lowest BCUT2D eigenvalue weighted by molar-refractivity contribution is 0.690. The molecule has 0 bridgehead atoms. The van der Waals surface area contributed by atoms with Crippen molar-refractivity contribution in [2.24, 2.45) is 0 Å². The summed E-state index contributed by atoms with van der Waals surface area (Å²) in [6.45, 7) is 0.728. The van der Waals surface area contributed by atoms with Gasteiger partial charge >= 0.3 is 0 Å². The Kier molecular flexibility index (Phi) is 4.62. The van der Waals surface area contributed by atoms with E-state index in [2.05, 4.69) is 46.1 Å². The molecule has 0 unspecified atom stereocenters. The molecule has 2 N–H and O–H groups in total. The largest absolute Gasteiger partial charge is 0.332 e. The number of fused-ring (bicyclic) bond motifs is 1. The molecule has 1 heterocycles. The third-order valence-electron chi connectivity index (χ3n) is 4.11. The molecular formula is C21H18N4S. The standard InChI is InChI=1S/C21H18N4S/c26-21(22-19-12-6-10-17-9-4-5-11-18(17)19)23-20-13-14-25(24-20)15-16-7-2-1-3-8-16/h1-14H,15H2,(H2,22,23,24,26). The third kappa shape index (κ3) is 3.73. The fraction of sp³-hybridized carbons (Fsp3) is 0.0476. The Morgan fingerprint density at radius 2 is 1.62 bits per heavy atom. The van der Waals surface area contributed by atoms with Crippen LogP contribution in [-0.2, 0) is 6.54 Å². The summed E-state index contributed by atoms with van der Waals surface area (Å²) >= 11 is 5.45. The van der Waals surface area contributed by atoms with Gasteiger partial charge in [0.1, 0.15) is 0 Å². The Bertz CT molecular complexity index is 1030. The second kappa shape index (κ2) is 7.37. The Hall–Kier alpha value is -3.18. The molecule has 0 aliphatic heterocycles. The molecule has 0 aliphatic rings. The average molecular weight is 358 g/mol. The fourth-order valence-electron chi connectivity index (χ4n) is 2.89. The summed E-state index contributed by atoms with van der Waals surface area (Å²) in [6.07, 6.45) is 1.94. The molecule has 1 aromatic heterocycles. The molecular weight excluding hydrogens is 340 g/mol. The molecule has 128 valence electrons. The Morgan fingerprint density at radius 1 is 0.846 bits per heavy atom.